The van der Waals surface area contributed by atoms with Gasteiger partial charge in [0.15, 0.2) is 0 Å². The number of rotatable bonds is 5. The van der Waals surface area contributed by atoms with Crippen molar-refractivity contribution in [2.75, 3.05) is 14.1 Å². The second kappa shape index (κ2) is 6.72. The summed E-state index contributed by atoms with van der Waals surface area (Å²) in [6.45, 7) is 2.12. The van der Waals surface area contributed by atoms with Crippen molar-refractivity contribution in [1.29, 1.82) is 0 Å². The van der Waals surface area contributed by atoms with Gasteiger partial charge < -0.3 is 9.47 Å². The van der Waals surface area contributed by atoms with E-state index in [0.29, 0.717) is 0 Å². The van der Waals surface area contributed by atoms with Crippen molar-refractivity contribution in [3.05, 3.63) is 42.2 Å². The van der Waals surface area contributed by atoms with E-state index in [0.717, 1.165) is 36.7 Å². The lowest BCUT2D eigenvalue weighted by atomic mass is 9.92. The smallest absolute Gasteiger partial charge is 0.139 e. The van der Waals surface area contributed by atoms with Crippen LogP contribution < -0.4 is 0 Å². The fourth-order valence-corrected chi connectivity index (χ4v) is 5.06. The molecule has 0 aliphatic heterocycles. The minimum Gasteiger partial charge on any atom is -0.331 e. The molecule has 0 spiro atoms. The summed E-state index contributed by atoms with van der Waals surface area (Å²) in [5.41, 5.74) is 2.60. The molecule has 0 amide bonds. The number of hydrogen-bond acceptors (Lipinski definition) is 2. The molecule has 3 nitrogen and oxygen atoms in total. The van der Waals surface area contributed by atoms with Gasteiger partial charge in [-0.05, 0) is 62.7 Å². The maximum absolute atomic E-state index is 4.68. The van der Waals surface area contributed by atoms with E-state index in [1.807, 2.05) is 6.20 Å². The first-order chi connectivity index (χ1) is 11.7. The van der Waals surface area contributed by atoms with Crippen LogP contribution in [0, 0.1) is 17.8 Å². The Kier molecular flexibility index (Phi) is 4.45. The quantitative estimate of drug-likeness (QED) is 0.811. The van der Waals surface area contributed by atoms with Crippen LogP contribution in [0.1, 0.15) is 37.7 Å². The van der Waals surface area contributed by atoms with Crippen molar-refractivity contribution < 1.29 is 0 Å². The summed E-state index contributed by atoms with van der Waals surface area (Å²) in [7, 11) is 4.23. The van der Waals surface area contributed by atoms with Crippen LogP contribution >= 0.6 is 0 Å². The highest BCUT2D eigenvalue weighted by Crippen LogP contribution is 2.48. The molecule has 1 heterocycles. The molecule has 24 heavy (non-hydrogen) atoms. The van der Waals surface area contributed by atoms with Gasteiger partial charge in [-0.25, -0.2) is 4.98 Å². The third kappa shape index (κ3) is 3.14. The average Bonchev–Trinajstić information content (AvgIpc) is 3.25. The lowest BCUT2D eigenvalue weighted by molar-refractivity contribution is 0.317. The summed E-state index contributed by atoms with van der Waals surface area (Å²) in [5.74, 6) is 3.98. The molecular weight excluding hydrogens is 294 g/mol. The van der Waals surface area contributed by atoms with Crippen molar-refractivity contribution in [2.45, 2.75) is 45.2 Å². The Hall–Kier alpha value is -1.61. The number of hydrogen-bond donors (Lipinski definition) is 0. The number of fused-ring (bicyclic) bond motifs is 1. The van der Waals surface area contributed by atoms with E-state index in [1.54, 1.807) is 0 Å². The number of aromatic nitrogens is 2. The highest BCUT2D eigenvalue weighted by Gasteiger charge is 2.39. The maximum Gasteiger partial charge on any atom is 0.139 e. The van der Waals surface area contributed by atoms with Crippen molar-refractivity contribution in [3.8, 4) is 11.4 Å². The van der Waals surface area contributed by atoms with E-state index in [1.165, 1.54) is 43.2 Å². The molecule has 2 aliphatic carbocycles. The van der Waals surface area contributed by atoms with Gasteiger partial charge >= 0.3 is 0 Å². The second-order valence-corrected chi connectivity index (χ2v) is 8.03. The zero-order valence-corrected chi connectivity index (χ0v) is 15.0. The van der Waals surface area contributed by atoms with Crippen LogP contribution in [0.2, 0.25) is 0 Å². The minimum absolute atomic E-state index is 0.857. The molecule has 128 valence electrons. The molecule has 0 N–H and O–H groups in total. The third-order valence-corrected chi connectivity index (χ3v) is 6.06. The molecule has 3 heteroatoms. The SMILES string of the molecule is CN(C)Cc1cccc(-c2nccn2C[C@@H]2CC[C@H]3CCC[C@H]32)c1. The molecular formula is C21H29N3. The summed E-state index contributed by atoms with van der Waals surface area (Å²) < 4.78 is 2.40. The largest absolute Gasteiger partial charge is 0.331 e. The predicted octanol–water partition coefficient (Wildman–Crippen LogP) is 4.44. The first-order valence-electron chi connectivity index (χ1n) is 9.46. The Balaban J connectivity index is 1.54. The molecule has 1 aromatic heterocycles. The Labute approximate surface area is 145 Å². The number of nitrogens with zero attached hydrogens (tertiary/aromatic N) is 3. The highest BCUT2D eigenvalue weighted by molar-refractivity contribution is 5.56. The van der Waals surface area contributed by atoms with E-state index >= 15 is 0 Å². The lowest BCUT2D eigenvalue weighted by Gasteiger charge is -2.20. The molecule has 0 bridgehead atoms. The van der Waals surface area contributed by atoms with Gasteiger partial charge in [0, 0.05) is 31.0 Å². The fourth-order valence-electron chi connectivity index (χ4n) is 5.06. The third-order valence-electron chi connectivity index (χ3n) is 6.06. The monoisotopic (exact) mass is 323 g/mol. The summed E-state index contributed by atoms with van der Waals surface area (Å²) in [5, 5.41) is 0. The van der Waals surface area contributed by atoms with Crippen LogP contribution in [0.4, 0.5) is 0 Å². The normalized spacial score (nSPS) is 26.2. The zero-order valence-electron chi connectivity index (χ0n) is 15.0. The predicted molar refractivity (Wildman–Crippen MR) is 98.6 cm³/mol. The van der Waals surface area contributed by atoms with Crippen molar-refractivity contribution in [2.24, 2.45) is 17.8 Å². The summed E-state index contributed by atoms with van der Waals surface area (Å²) in [6.07, 6.45) is 11.4. The molecule has 0 radical (unpaired) electrons. The van der Waals surface area contributed by atoms with Crippen LogP contribution in [0.25, 0.3) is 11.4 Å². The van der Waals surface area contributed by atoms with Gasteiger partial charge in [0.1, 0.15) is 5.82 Å². The van der Waals surface area contributed by atoms with Gasteiger partial charge in [0.05, 0.1) is 0 Å². The number of benzene rings is 1. The molecule has 4 rings (SSSR count). The zero-order chi connectivity index (χ0) is 16.5. The van der Waals surface area contributed by atoms with E-state index in [4.69, 9.17) is 0 Å². The van der Waals surface area contributed by atoms with Crippen molar-refractivity contribution in [3.63, 3.8) is 0 Å². The maximum atomic E-state index is 4.68. The van der Waals surface area contributed by atoms with Crippen LogP contribution in [0.3, 0.4) is 0 Å². The summed E-state index contributed by atoms with van der Waals surface area (Å²) >= 11 is 0. The summed E-state index contributed by atoms with van der Waals surface area (Å²) in [6, 6.07) is 8.86. The Morgan fingerprint density at radius 1 is 1.17 bits per heavy atom. The lowest BCUT2D eigenvalue weighted by Crippen LogP contribution is -2.16. The topological polar surface area (TPSA) is 21.1 Å². The van der Waals surface area contributed by atoms with E-state index < -0.39 is 0 Å². The van der Waals surface area contributed by atoms with Gasteiger partial charge in [-0.2, -0.15) is 0 Å². The fraction of sp³-hybridized carbons (Fsp3) is 0.571. The van der Waals surface area contributed by atoms with Crippen molar-refractivity contribution in [1.82, 2.24) is 14.5 Å². The second-order valence-electron chi connectivity index (χ2n) is 8.03. The first kappa shape index (κ1) is 15.9. The molecule has 2 fully saturated rings. The van der Waals surface area contributed by atoms with E-state index in [9.17, 15) is 0 Å². The van der Waals surface area contributed by atoms with Gasteiger partial charge in [0.2, 0.25) is 0 Å². The Bertz CT molecular complexity index is 688. The Morgan fingerprint density at radius 3 is 2.96 bits per heavy atom. The summed E-state index contributed by atoms with van der Waals surface area (Å²) in [4.78, 5) is 6.90. The van der Waals surface area contributed by atoms with Crippen molar-refractivity contribution >= 4 is 0 Å². The van der Waals surface area contributed by atoms with Crippen LogP contribution in [-0.2, 0) is 13.1 Å². The van der Waals surface area contributed by atoms with Gasteiger partial charge in [-0.15, -0.1) is 0 Å². The highest BCUT2D eigenvalue weighted by atomic mass is 15.1. The molecule has 3 atom stereocenters. The minimum atomic E-state index is 0.857. The van der Waals surface area contributed by atoms with Crippen LogP contribution in [0.5, 0.6) is 0 Å². The number of imidazole rings is 1. The van der Waals surface area contributed by atoms with Gasteiger partial charge in [0.25, 0.3) is 0 Å². The molecule has 0 saturated heterocycles. The van der Waals surface area contributed by atoms with Crippen LogP contribution in [-0.4, -0.2) is 28.5 Å². The molecule has 2 aliphatic rings. The Morgan fingerprint density at radius 2 is 2.08 bits per heavy atom. The van der Waals surface area contributed by atoms with Gasteiger partial charge in [-0.1, -0.05) is 31.0 Å². The standard InChI is InChI=1S/C21H29N3/c1-23(2)14-16-5-3-7-18(13-16)21-22-11-12-24(21)15-19-10-9-17-6-4-8-20(17)19/h3,5,7,11-13,17,19-20H,4,6,8-10,14-15H2,1-2H3/t17-,19+,20-/m1/s1. The van der Waals surface area contributed by atoms with Gasteiger partial charge in [-0.3, -0.25) is 0 Å². The van der Waals surface area contributed by atoms with E-state index in [-0.39, 0.29) is 0 Å². The molecule has 2 aromatic rings. The van der Waals surface area contributed by atoms with E-state index in [2.05, 4.69) is 59.0 Å². The first-order valence-corrected chi connectivity index (χ1v) is 9.46. The van der Waals surface area contributed by atoms with Crippen LogP contribution in [0.15, 0.2) is 36.7 Å². The molecule has 1 aromatic carbocycles. The molecule has 0 unspecified atom stereocenters. The molecule has 2 saturated carbocycles. The average molecular weight is 323 g/mol.